The van der Waals surface area contributed by atoms with E-state index in [1.807, 2.05) is 24.3 Å². The second kappa shape index (κ2) is 7.33. The molecule has 0 aliphatic carbocycles. The molecule has 2 aromatic carbocycles. The number of aliphatic hydroxyl groups is 1. The fourth-order valence-electron chi connectivity index (χ4n) is 3.30. The summed E-state index contributed by atoms with van der Waals surface area (Å²) in [4.78, 5) is 2.29. The van der Waals surface area contributed by atoms with E-state index in [0.29, 0.717) is 11.4 Å². The predicted molar refractivity (Wildman–Crippen MR) is 92.4 cm³/mol. The summed E-state index contributed by atoms with van der Waals surface area (Å²) in [7, 11) is 0. The summed E-state index contributed by atoms with van der Waals surface area (Å²) in [6.07, 6.45) is 3.49. The molecule has 1 heterocycles. The van der Waals surface area contributed by atoms with E-state index in [1.54, 1.807) is 12.1 Å². The Hall–Kier alpha value is -1.58. The molecule has 2 aromatic rings. The number of halogens is 2. The quantitative estimate of drug-likeness (QED) is 0.854. The number of rotatable bonds is 4. The Bertz CT molecular complexity index is 629. The number of hydrogen-bond donors (Lipinski definition) is 1. The highest BCUT2D eigenvalue weighted by molar-refractivity contribution is 6.30. The Labute approximate surface area is 141 Å². The van der Waals surface area contributed by atoms with Gasteiger partial charge in [-0.2, -0.15) is 0 Å². The second-order valence-corrected chi connectivity index (χ2v) is 6.56. The van der Waals surface area contributed by atoms with Crippen LogP contribution < -0.4 is 4.90 Å². The Balaban J connectivity index is 1.73. The number of benzene rings is 2. The van der Waals surface area contributed by atoms with Crippen LogP contribution in [0, 0.1) is 5.82 Å². The topological polar surface area (TPSA) is 23.5 Å². The van der Waals surface area contributed by atoms with E-state index in [-0.39, 0.29) is 11.9 Å². The Kier molecular flexibility index (Phi) is 5.19. The standard InChI is InChI=1S/C19H21ClFNO/c20-15-6-4-14(5-7-15)19(23)13-18-3-1-2-12-22(18)17-10-8-16(21)9-11-17/h4-11,18-19,23H,1-3,12-13H2. The van der Waals surface area contributed by atoms with Gasteiger partial charge in [-0.25, -0.2) is 4.39 Å². The molecular weight excluding hydrogens is 313 g/mol. The molecule has 3 rings (SSSR count). The van der Waals surface area contributed by atoms with Gasteiger partial charge in [-0.3, -0.25) is 0 Å². The summed E-state index contributed by atoms with van der Waals surface area (Å²) in [6, 6.07) is 14.3. The van der Waals surface area contributed by atoms with Crippen molar-refractivity contribution in [3.05, 3.63) is 64.9 Å². The molecule has 2 atom stereocenters. The van der Waals surface area contributed by atoms with Crippen LogP contribution in [0.15, 0.2) is 48.5 Å². The number of anilines is 1. The molecule has 2 nitrogen and oxygen atoms in total. The number of aliphatic hydroxyl groups excluding tert-OH is 1. The van der Waals surface area contributed by atoms with Gasteiger partial charge in [0.25, 0.3) is 0 Å². The van der Waals surface area contributed by atoms with Gasteiger partial charge in [-0.15, -0.1) is 0 Å². The van der Waals surface area contributed by atoms with E-state index < -0.39 is 6.10 Å². The molecule has 2 unspecified atom stereocenters. The molecule has 0 spiro atoms. The molecule has 4 heteroatoms. The van der Waals surface area contributed by atoms with E-state index in [9.17, 15) is 9.50 Å². The van der Waals surface area contributed by atoms with Crippen LogP contribution in [0.4, 0.5) is 10.1 Å². The zero-order valence-electron chi connectivity index (χ0n) is 13.0. The molecule has 1 saturated heterocycles. The average Bonchev–Trinajstić information content (AvgIpc) is 2.57. The van der Waals surface area contributed by atoms with Crippen molar-refractivity contribution in [1.29, 1.82) is 0 Å². The first-order valence-electron chi connectivity index (χ1n) is 8.09. The third-order valence-corrected chi connectivity index (χ3v) is 4.79. The van der Waals surface area contributed by atoms with Gasteiger partial charge < -0.3 is 10.0 Å². The SMILES string of the molecule is OC(CC1CCCCN1c1ccc(F)cc1)c1ccc(Cl)cc1. The third kappa shape index (κ3) is 4.04. The lowest BCUT2D eigenvalue weighted by Gasteiger charge is -2.38. The van der Waals surface area contributed by atoms with Crippen LogP contribution in [0.2, 0.25) is 5.02 Å². The van der Waals surface area contributed by atoms with Crippen LogP contribution in [0.5, 0.6) is 0 Å². The maximum Gasteiger partial charge on any atom is 0.123 e. The van der Waals surface area contributed by atoms with E-state index in [0.717, 1.165) is 37.1 Å². The molecule has 0 radical (unpaired) electrons. The molecule has 1 aliphatic rings. The largest absolute Gasteiger partial charge is 0.388 e. The van der Waals surface area contributed by atoms with Gasteiger partial charge in [0.2, 0.25) is 0 Å². The monoisotopic (exact) mass is 333 g/mol. The fraction of sp³-hybridized carbons (Fsp3) is 0.368. The van der Waals surface area contributed by atoms with Crippen molar-refractivity contribution in [2.75, 3.05) is 11.4 Å². The van der Waals surface area contributed by atoms with Crippen molar-refractivity contribution in [3.63, 3.8) is 0 Å². The summed E-state index contributed by atoms with van der Waals surface area (Å²) < 4.78 is 13.1. The summed E-state index contributed by atoms with van der Waals surface area (Å²) in [5.74, 6) is -0.219. The van der Waals surface area contributed by atoms with Gasteiger partial charge in [-0.05, 0) is 67.6 Å². The summed E-state index contributed by atoms with van der Waals surface area (Å²) in [5, 5.41) is 11.2. The van der Waals surface area contributed by atoms with E-state index in [1.165, 1.54) is 12.1 Å². The van der Waals surface area contributed by atoms with Gasteiger partial charge in [0.15, 0.2) is 0 Å². The number of hydrogen-bond acceptors (Lipinski definition) is 2. The molecule has 0 saturated carbocycles. The molecule has 122 valence electrons. The molecule has 0 aromatic heterocycles. The molecule has 0 bridgehead atoms. The summed E-state index contributed by atoms with van der Waals surface area (Å²) in [6.45, 7) is 0.948. The Morgan fingerprint density at radius 3 is 2.48 bits per heavy atom. The minimum atomic E-state index is -0.515. The van der Waals surface area contributed by atoms with Crippen molar-refractivity contribution < 1.29 is 9.50 Å². The lowest BCUT2D eigenvalue weighted by Crippen LogP contribution is -2.40. The average molecular weight is 334 g/mol. The van der Waals surface area contributed by atoms with Crippen LogP contribution in [0.25, 0.3) is 0 Å². The lowest BCUT2D eigenvalue weighted by molar-refractivity contribution is 0.151. The van der Waals surface area contributed by atoms with Crippen molar-refractivity contribution in [1.82, 2.24) is 0 Å². The highest BCUT2D eigenvalue weighted by Crippen LogP contribution is 2.31. The molecule has 1 fully saturated rings. The van der Waals surface area contributed by atoms with E-state index in [4.69, 9.17) is 11.6 Å². The number of nitrogens with zero attached hydrogens (tertiary/aromatic N) is 1. The minimum Gasteiger partial charge on any atom is -0.388 e. The highest BCUT2D eigenvalue weighted by Gasteiger charge is 2.25. The van der Waals surface area contributed by atoms with Crippen molar-refractivity contribution in [2.24, 2.45) is 0 Å². The molecule has 1 N–H and O–H groups in total. The third-order valence-electron chi connectivity index (χ3n) is 4.54. The van der Waals surface area contributed by atoms with Crippen LogP contribution in [-0.4, -0.2) is 17.7 Å². The van der Waals surface area contributed by atoms with Crippen molar-refractivity contribution in [2.45, 2.75) is 37.8 Å². The molecule has 1 aliphatic heterocycles. The van der Waals surface area contributed by atoms with E-state index >= 15 is 0 Å². The first kappa shape index (κ1) is 16.3. The fourth-order valence-corrected chi connectivity index (χ4v) is 3.42. The Morgan fingerprint density at radius 1 is 1.09 bits per heavy atom. The van der Waals surface area contributed by atoms with Gasteiger partial charge in [0.1, 0.15) is 5.82 Å². The highest BCUT2D eigenvalue weighted by atomic mass is 35.5. The van der Waals surface area contributed by atoms with Gasteiger partial charge in [0, 0.05) is 23.3 Å². The van der Waals surface area contributed by atoms with Crippen LogP contribution in [0.1, 0.15) is 37.4 Å². The van der Waals surface area contributed by atoms with Crippen molar-refractivity contribution >= 4 is 17.3 Å². The number of piperidine rings is 1. The van der Waals surface area contributed by atoms with Crippen LogP contribution >= 0.6 is 11.6 Å². The normalized spacial score (nSPS) is 19.6. The van der Waals surface area contributed by atoms with Gasteiger partial charge >= 0.3 is 0 Å². The first-order chi connectivity index (χ1) is 11.1. The smallest absolute Gasteiger partial charge is 0.123 e. The minimum absolute atomic E-state index is 0.219. The second-order valence-electron chi connectivity index (χ2n) is 6.12. The first-order valence-corrected chi connectivity index (χ1v) is 8.47. The van der Waals surface area contributed by atoms with Gasteiger partial charge in [-0.1, -0.05) is 23.7 Å². The molecule has 0 amide bonds. The Morgan fingerprint density at radius 2 is 1.78 bits per heavy atom. The van der Waals surface area contributed by atoms with E-state index in [2.05, 4.69) is 4.90 Å². The molecule has 23 heavy (non-hydrogen) atoms. The van der Waals surface area contributed by atoms with Crippen LogP contribution in [-0.2, 0) is 0 Å². The zero-order valence-corrected chi connectivity index (χ0v) is 13.7. The zero-order chi connectivity index (χ0) is 16.2. The van der Waals surface area contributed by atoms with Crippen molar-refractivity contribution in [3.8, 4) is 0 Å². The summed E-state index contributed by atoms with van der Waals surface area (Å²) >= 11 is 5.90. The molecular formula is C19H21ClFNO. The maximum atomic E-state index is 13.1. The van der Waals surface area contributed by atoms with Crippen LogP contribution in [0.3, 0.4) is 0 Å². The lowest BCUT2D eigenvalue weighted by atomic mass is 9.93. The maximum absolute atomic E-state index is 13.1. The summed E-state index contributed by atoms with van der Waals surface area (Å²) in [5.41, 5.74) is 1.92. The predicted octanol–water partition coefficient (Wildman–Crippen LogP) is 4.96. The van der Waals surface area contributed by atoms with Gasteiger partial charge in [0.05, 0.1) is 6.10 Å².